The number of nitrogens with one attached hydrogen (secondary N) is 2. The Bertz CT molecular complexity index is 513. The number of carbonyl (C=O) groups excluding carboxylic acids is 1. The molecule has 0 aromatic heterocycles. The summed E-state index contributed by atoms with van der Waals surface area (Å²) in [4.78, 5) is 22.9. The van der Waals surface area contributed by atoms with Gasteiger partial charge in [0.05, 0.1) is 11.3 Å². The maximum Gasteiger partial charge on any atom is 0.337 e. The summed E-state index contributed by atoms with van der Waals surface area (Å²) in [7, 11) is 0. The number of carboxylic acids is 1. The molecule has 6 heteroatoms. The van der Waals surface area contributed by atoms with E-state index in [2.05, 4.69) is 10.6 Å². The van der Waals surface area contributed by atoms with Gasteiger partial charge in [-0.1, -0.05) is 6.07 Å². The fourth-order valence-electron chi connectivity index (χ4n) is 2.38. The lowest BCUT2D eigenvalue weighted by atomic mass is 9.96. The number of carbonyl (C=O) groups is 2. The third-order valence-corrected chi connectivity index (χ3v) is 3.38. The summed E-state index contributed by atoms with van der Waals surface area (Å²) in [5.74, 6) is -2.14. The fraction of sp³-hybridized carbons (Fsp3) is 0.429. The highest BCUT2D eigenvalue weighted by atomic mass is 19.1. The minimum atomic E-state index is -1.26. The maximum atomic E-state index is 13.7. The van der Waals surface area contributed by atoms with Gasteiger partial charge in [0.25, 0.3) is 0 Å². The molecular weight excluding hydrogens is 263 g/mol. The van der Waals surface area contributed by atoms with E-state index in [0.717, 1.165) is 32.0 Å². The number of benzene rings is 1. The average Bonchev–Trinajstić information content (AvgIpc) is 2.42. The van der Waals surface area contributed by atoms with Crippen LogP contribution in [0, 0.1) is 11.7 Å². The second-order valence-electron chi connectivity index (χ2n) is 4.93. The summed E-state index contributed by atoms with van der Waals surface area (Å²) >= 11 is 0. The van der Waals surface area contributed by atoms with Crippen molar-refractivity contribution < 1.29 is 19.1 Å². The lowest BCUT2D eigenvalue weighted by Crippen LogP contribution is -2.32. The van der Waals surface area contributed by atoms with Crippen molar-refractivity contribution in [1.29, 1.82) is 0 Å². The van der Waals surface area contributed by atoms with Crippen LogP contribution in [0.5, 0.6) is 0 Å². The number of aromatic carboxylic acids is 1. The molecule has 1 fully saturated rings. The van der Waals surface area contributed by atoms with Crippen molar-refractivity contribution in [1.82, 2.24) is 5.32 Å². The number of para-hydroxylation sites is 1. The van der Waals surface area contributed by atoms with E-state index in [0.29, 0.717) is 0 Å². The van der Waals surface area contributed by atoms with Crippen LogP contribution in [0.25, 0.3) is 0 Å². The minimum Gasteiger partial charge on any atom is -0.478 e. The van der Waals surface area contributed by atoms with Crippen LogP contribution in [0.4, 0.5) is 10.1 Å². The molecule has 2 rings (SSSR count). The van der Waals surface area contributed by atoms with Crippen molar-refractivity contribution in [2.45, 2.75) is 19.3 Å². The number of carboxylic acid groups (broad SMARTS) is 1. The molecule has 1 aliphatic rings. The van der Waals surface area contributed by atoms with Crippen LogP contribution in [0.1, 0.15) is 29.6 Å². The molecule has 108 valence electrons. The van der Waals surface area contributed by atoms with Gasteiger partial charge in [-0.3, -0.25) is 4.79 Å². The summed E-state index contributed by atoms with van der Waals surface area (Å²) in [5.41, 5.74) is -0.492. The molecule has 0 radical (unpaired) electrons. The van der Waals surface area contributed by atoms with Crippen LogP contribution in [0.3, 0.4) is 0 Å². The number of anilines is 1. The monoisotopic (exact) mass is 280 g/mol. The van der Waals surface area contributed by atoms with E-state index in [1.54, 1.807) is 0 Å². The topological polar surface area (TPSA) is 78.4 Å². The van der Waals surface area contributed by atoms with Gasteiger partial charge in [0.15, 0.2) is 0 Å². The molecule has 0 aliphatic carbocycles. The van der Waals surface area contributed by atoms with Crippen molar-refractivity contribution in [2.75, 3.05) is 18.4 Å². The van der Waals surface area contributed by atoms with Gasteiger partial charge < -0.3 is 15.7 Å². The van der Waals surface area contributed by atoms with Gasteiger partial charge >= 0.3 is 5.97 Å². The van der Waals surface area contributed by atoms with E-state index in [4.69, 9.17) is 5.11 Å². The number of hydrogen-bond acceptors (Lipinski definition) is 3. The molecule has 1 amide bonds. The van der Waals surface area contributed by atoms with Crippen LogP contribution in [0.2, 0.25) is 0 Å². The van der Waals surface area contributed by atoms with Crippen molar-refractivity contribution >= 4 is 17.6 Å². The van der Waals surface area contributed by atoms with Gasteiger partial charge in [-0.05, 0) is 44.0 Å². The van der Waals surface area contributed by atoms with Gasteiger partial charge in [0.1, 0.15) is 5.82 Å². The Morgan fingerprint density at radius 2 is 2.25 bits per heavy atom. The number of amides is 1. The summed E-state index contributed by atoms with van der Waals surface area (Å²) < 4.78 is 13.7. The first-order valence-corrected chi connectivity index (χ1v) is 6.60. The highest BCUT2D eigenvalue weighted by Gasteiger charge is 2.20. The summed E-state index contributed by atoms with van der Waals surface area (Å²) in [6.45, 7) is 1.71. The molecule has 0 saturated carbocycles. The van der Waals surface area contributed by atoms with Crippen molar-refractivity contribution in [3.8, 4) is 0 Å². The molecule has 0 bridgehead atoms. The molecule has 1 unspecified atom stereocenters. The summed E-state index contributed by atoms with van der Waals surface area (Å²) in [6, 6.07) is 3.70. The highest BCUT2D eigenvalue weighted by molar-refractivity contribution is 6.00. The van der Waals surface area contributed by atoms with Gasteiger partial charge in [-0.2, -0.15) is 0 Å². The standard InChI is InChI=1S/C14H17FN2O3/c15-11-5-1-4-10(14(19)20)13(11)17-12(18)7-9-3-2-6-16-8-9/h1,4-5,9,16H,2-3,6-8H2,(H,17,18)(H,19,20). The lowest BCUT2D eigenvalue weighted by molar-refractivity contribution is -0.117. The maximum absolute atomic E-state index is 13.7. The van der Waals surface area contributed by atoms with Crippen LogP contribution >= 0.6 is 0 Å². The molecule has 1 aliphatic heterocycles. The normalized spacial score (nSPS) is 18.6. The largest absolute Gasteiger partial charge is 0.478 e. The molecule has 1 aromatic rings. The fourth-order valence-corrected chi connectivity index (χ4v) is 2.38. The zero-order valence-electron chi connectivity index (χ0n) is 11.0. The predicted molar refractivity (Wildman–Crippen MR) is 72.2 cm³/mol. The van der Waals surface area contributed by atoms with Crippen LogP contribution in [-0.2, 0) is 4.79 Å². The molecule has 1 saturated heterocycles. The van der Waals surface area contributed by atoms with E-state index in [1.807, 2.05) is 0 Å². The van der Waals surface area contributed by atoms with E-state index in [-0.39, 0.29) is 29.5 Å². The molecule has 1 heterocycles. The second kappa shape index (κ2) is 6.47. The predicted octanol–water partition coefficient (Wildman–Crippen LogP) is 1.85. The van der Waals surface area contributed by atoms with Gasteiger partial charge in [-0.15, -0.1) is 0 Å². The molecule has 5 nitrogen and oxygen atoms in total. The molecular formula is C14H17FN2O3. The smallest absolute Gasteiger partial charge is 0.337 e. The van der Waals surface area contributed by atoms with E-state index in [1.165, 1.54) is 12.1 Å². The number of halogens is 1. The Balaban J connectivity index is 2.05. The molecule has 0 spiro atoms. The Morgan fingerprint density at radius 3 is 2.90 bits per heavy atom. The molecule has 3 N–H and O–H groups in total. The van der Waals surface area contributed by atoms with Crippen LogP contribution < -0.4 is 10.6 Å². The van der Waals surface area contributed by atoms with E-state index in [9.17, 15) is 14.0 Å². The van der Waals surface area contributed by atoms with Gasteiger partial charge in [-0.25, -0.2) is 9.18 Å². The highest BCUT2D eigenvalue weighted by Crippen LogP contribution is 2.21. The zero-order valence-corrected chi connectivity index (χ0v) is 11.0. The van der Waals surface area contributed by atoms with E-state index < -0.39 is 11.8 Å². The Hall–Kier alpha value is -1.95. The van der Waals surface area contributed by atoms with Crippen LogP contribution in [-0.4, -0.2) is 30.1 Å². The number of rotatable bonds is 4. The van der Waals surface area contributed by atoms with Crippen molar-refractivity contribution in [2.24, 2.45) is 5.92 Å². The first kappa shape index (κ1) is 14.5. The minimum absolute atomic E-state index is 0.212. The number of piperidine rings is 1. The summed E-state index contributed by atoms with van der Waals surface area (Å²) in [6.07, 6.45) is 2.22. The molecule has 20 heavy (non-hydrogen) atoms. The second-order valence-corrected chi connectivity index (χ2v) is 4.93. The Labute approximate surface area is 116 Å². The van der Waals surface area contributed by atoms with E-state index >= 15 is 0 Å². The zero-order chi connectivity index (χ0) is 14.5. The number of hydrogen-bond donors (Lipinski definition) is 3. The first-order valence-electron chi connectivity index (χ1n) is 6.60. The van der Waals surface area contributed by atoms with Gasteiger partial charge in [0, 0.05) is 6.42 Å². The summed E-state index contributed by atoms with van der Waals surface area (Å²) in [5, 5.41) is 14.6. The third kappa shape index (κ3) is 3.54. The molecule has 1 aromatic carbocycles. The van der Waals surface area contributed by atoms with Crippen molar-refractivity contribution in [3.05, 3.63) is 29.6 Å². The lowest BCUT2D eigenvalue weighted by Gasteiger charge is -2.22. The quantitative estimate of drug-likeness (QED) is 0.786. The van der Waals surface area contributed by atoms with Crippen molar-refractivity contribution in [3.63, 3.8) is 0 Å². The van der Waals surface area contributed by atoms with Gasteiger partial charge in [0.2, 0.25) is 5.91 Å². The third-order valence-electron chi connectivity index (χ3n) is 3.38. The SMILES string of the molecule is O=C(CC1CCCNC1)Nc1c(F)cccc1C(=O)O. The Kier molecular flexibility index (Phi) is 4.68. The van der Waals surface area contributed by atoms with Crippen LogP contribution in [0.15, 0.2) is 18.2 Å². The molecule has 1 atom stereocenters. The Morgan fingerprint density at radius 1 is 1.45 bits per heavy atom. The first-order chi connectivity index (χ1) is 9.58. The average molecular weight is 280 g/mol.